The van der Waals surface area contributed by atoms with E-state index in [1.54, 1.807) is 4.90 Å². The van der Waals surface area contributed by atoms with Crippen molar-refractivity contribution in [2.75, 3.05) is 13.1 Å². The molecular weight excluding hydrogens is 272 g/mol. The molecule has 1 aromatic heterocycles. The predicted molar refractivity (Wildman–Crippen MR) is 72.9 cm³/mol. The lowest BCUT2D eigenvalue weighted by atomic mass is 10.2. The molecule has 0 spiro atoms. The van der Waals surface area contributed by atoms with E-state index in [0.717, 1.165) is 6.54 Å². The Morgan fingerprint density at radius 2 is 2.10 bits per heavy atom. The molecule has 8 nitrogen and oxygen atoms in total. The quantitative estimate of drug-likeness (QED) is 0.789. The Bertz CT molecular complexity index is 557. The molecule has 1 saturated carbocycles. The summed E-state index contributed by atoms with van der Waals surface area (Å²) < 4.78 is 0. The van der Waals surface area contributed by atoms with Gasteiger partial charge < -0.3 is 4.90 Å². The third kappa shape index (κ3) is 2.88. The number of urea groups is 1. The van der Waals surface area contributed by atoms with E-state index in [1.807, 2.05) is 6.92 Å². The van der Waals surface area contributed by atoms with Gasteiger partial charge in [0, 0.05) is 19.5 Å². The smallest absolute Gasteiger partial charge is 0.323 e. The van der Waals surface area contributed by atoms with E-state index in [9.17, 15) is 9.59 Å². The molecule has 3 rings (SSSR count). The van der Waals surface area contributed by atoms with Crippen LogP contribution in [0.3, 0.4) is 0 Å². The molecule has 0 unspecified atom stereocenters. The normalized spacial score (nSPS) is 25.6. The highest BCUT2D eigenvalue weighted by Crippen LogP contribution is 2.38. The fourth-order valence-corrected chi connectivity index (χ4v) is 2.62. The lowest BCUT2D eigenvalue weighted by molar-refractivity contribution is -0.131. The highest BCUT2D eigenvalue weighted by molar-refractivity contribution is 5.96. The van der Waals surface area contributed by atoms with E-state index in [4.69, 9.17) is 0 Å². The second kappa shape index (κ2) is 5.42. The third-order valence-corrected chi connectivity index (χ3v) is 4.21. The molecule has 0 bridgehead atoms. The van der Waals surface area contributed by atoms with Gasteiger partial charge in [-0.05, 0) is 30.4 Å². The highest BCUT2D eigenvalue weighted by Gasteiger charge is 2.39. The van der Waals surface area contributed by atoms with Gasteiger partial charge >= 0.3 is 6.03 Å². The zero-order valence-corrected chi connectivity index (χ0v) is 12.4. The summed E-state index contributed by atoms with van der Waals surface area (Å²) in [5.74, 6) is 1.52. The molecule has 2 atom stereocenters. The number of imide groups is 1. The summed E-state index contributed by atoms with van der Waals surface area (Å²) in [6, 6.07) is -0.224. The van der Waals surface area contributed by atoms with Crippen LogP contribution in [0.25, 0.3) is 0 Å². The maximum Gasteiger partial charge on any atom is 0.327 e. The first-order chi connectivity index (χ1) is 10.1. The van der Waals surface area contributed by atoms with Gasteiger partial charge in [0.1, 0.15) is 0 Å². The van der Waals surface area contributed by atoms with Crippen molar-refractivity contribution in [3.05, 3.63) is 5.82 Å². The van der Waals surface area contributed by atoms with Crippen molar-refractivity contribution >= 4 is 11.9 Å². The second-order valence-corrected chi connectivity index (χ2v) is 5.83. The highest BCUT2D eigenvalue weighted by atomic mass is 16.2. The van der Waals surface area contributed by atoms with Crippen LogP contribution in [-0.4, -0.2) is 55.0 Å². The first-order valence-corrected chi connectivity index (χ1v) is 7.44. The minimum absolute atomic E-state index is 0.106. The van der Waals surface area contributed by atoms with Crippen LogP contribution in [0.1, 0.15) is 32.5 Å². The average Bonchev–Trinajstić information content (AvgIpc) is 2.98. The first-order valence-electron chi connectivity index (χ1n) is 7.44. The third-order valence-electron chi connectivity index (χ3n) is 4.21. The lowest BCUT2D eigenvalue weighted by Gasteiger charge is -2.33. The van der Waals surface area contributed by atoms with E-state index in [0.29, 0.717) is 37.2 Å². The Hall–Kier alpha value is -1.99. The van der Waals surface area contributed by atoms with E-state index < -0.39 is 0 Å². The van der Waals surface area contributed by atoms with Gasteiger partial charge in [0.2, 0.25) is 5.91 Å². The summed E-state index contributed by atoms with van der Waals surface area (Å²) in [6.07, 6.45) is 1.54. The molecule has 2 heterocycles. The summed E-state index contributed by atoms with van der Waals surface area (Å²) in [4.78, 5) is 28.9. The molecule has 21 heavy (non-hydrogen) atoms. The summed E-state index contributed by atoms with van der Waals surface area (Å²) in [6.45, 7) is 6.08. The predicted octanol–water partition coefficient (Wildman–Crippen LogP) is 0.503. The van der Waals surface area contributed by atoms with E-state index in [1.165, 1.54) is 16.1 Å². The molecule has 1 aromatic rings. The molecular formula is C13H20N6O2. The van der Waals surface area contributed by atoms with Gasteiger partial charge in [0.05, 0.1) is 13.1 Å². The monoisotopic (exact) mass is 292 g/mol. The van der Waals surface area contributed by atoms with Gasteiger partial charge in [-0.15, -0.1) is 10.2 Å². The molecule has 8 heteroatoms. The van der Waals surface area contributed by atoms with Crippen LogP contribution in [0.2, 0.25) is 0 Å². The number of nitrogens with zero attached hydrogens (tertiary/aromatic N) is 6. The maximum absolute atomic E-state index is 12.4. The Labute approximate surface area is 123 Å². The van der Waals surface area contributed by atoms with Crippen LogP contribution in [0.5, 0.6) is 0 Å². The number of aromatic nitrogens is 4. The van der Waals surface area contributed by atoms with Crippen molar-refractivity contribution in [3.8, 4) is 0 Å². The Morgan fingerprint density at radius 1 is 1.33 bits per heavy atom. The SMILES string of the molecule is CCn1nnc(CN2C(=O)CCN(C[C@@H]3C[C@H]3C)C2=O)n1. The van der Waals surface area contributed by atoms with E-state index in [-0.39, 0.29) is 18.5 Å². The average molecular weight is 292 g/mol. The molecule has 3 amide bonds. The molecule has 1 aliphatic carbocycles. The van der Waals surface area contributed by atoms with Gasteiger partial charge in [-0.1, -0.05) is 6.92 Å². The van der Waals surface area contributed by atoms with Crippen molar-refractivity contribution in [1.29, 1.82) is 0 Å². The number of carbonyl (C=O) groups is 2. The topological polar surface area (TPSA) is 84.2 Å². The van der Waals surface area contributed by atoms with Gasteiger partial charge in [-0.3, -0.25) is 9.69 Å². The molecule has 2 aliphatic rings. The van der Waals surface area contributed by atoms with Crippen LogP contribution in [-0.2, 0) is 17.9 Å². The number of hydrogen-bond acceptors (Lipinski definition) is 5. The minimum Gasteiger partial charge on any atom is -0.323 e. The van der Waals surface area contributed by atoms with Crippen molar-refractivity contribution in [2.24, 2.45) is 11.8 Å². The fraction of sp³-hybridized carbons (Fsp3) is 0.769. The summed E-state index contributed by atoms with van der Waals surface area (Å²) in [5.41, 5.74) is 0. The van der Waals surface area contributed by atoms with Crippen molar-refractivity contribution in [1.82, 2.24) is 30.0 Å². The first kappa shape index (κ1) is 14.0. The number of tetrazole rings is 1. The zero-order chi connectivity index (χ0) is 15.0. The number of amides is 3. The van der Waals surface area contributed by atoms with Crippen molar-refractivity contribution in [3.63, 3.8) is 0 Å². The van der Waals surface area contributed by atoms with E-state index in [2.05, 4.69) is 22.3 Å². The minimum atomic E-state index is -0.224. The van der Waals surface area contributed by atoms with Gasteiger partial charge in [0.25, 0.3) is 0 Å². The standard InChI is InChI=1S/C13H20N6O2/c1-3-19-15-11(14-16-19)8-18-12(20)4-5-17(13(18)21)7-10-6-9(10)2/h9-10H,3-8H2,1-2H3/t9-,10+/m1/s1. The van der Waals surface area contributed by atoms with Crippen LogP contribution >= 0.6 is 0 Å². The van der Waals surface area contributed by atoms with Crippen LogP contribution in [0.15, 0.2) is 0 Å². The molecule has 1 aliphatic heterocycles. The largest absolute Gasteiger partial charge is 0.327 e. The van der Waals surface area contributed by atoms with Crippen molar-refractivity contribution in [2.45, 2.75) is 39.8 Å². The summed E-state index contributed by atoms with van der Waals surface area (Å²) in [5, 5.41) is 11.9. The lowest BCUT2D eigenvalue weighted by Crippen LogP contribution is -2.52. The molecule has 2 fully saturated rings. The molecule has 0 radical (unpaired) electrons. The second-order valence-electron chi connectivity index (χ2n) is 5.83. The Kier molecular flexibility index (Phi) is 3.60. The van der Waals surface area contributed by atoms with Crippen LogP contribution < -0.4 is 0 Å². The summed E-state index contributed by atoms with van der Waals surface area (Å²) >= 11 is 0. The number of carbonyl (C=O) groups excluding carboxylic acids is 2. The Morgan fingerprint density at radius 3 is 2.71 bits per heavy atom. The van der Waals surface area contributed by atoms with Gasteiger partial charge in [0.15, 0.2) is 5.82 Å². The number of hydrogen-bond donors (Lipinski definition) is 0. The fourth-order valence-electron chi connectivity index (χ4n) is 2.62. The molecule has 1 saturated heterocycles. The van der Waals surface area contributed by atoms with E-state index >= 15 is 0 Å². The number of rotatable bonds is 5. The van der Waals surface area contributed by atoms with Gasteiger partial charge in [-0.2, -0.15) is 4.80 Å². The van der Waals surface area contributed by atoms with Crippen LogP contribution in [0.4, 0.5) is 4.79 Å². The van der Waals surface area contributed by atoms with Crippen LogP contribution in [0, 0.1) is 11.8 Å². The zero-order valence-electron chi connectivity index (χ0n) is 12.4. The number of aryl methyl sites for hydroxylation is 1. The van der Waals surface area contributed by atoms with Crippen molar-refractivity contribution < 1.29 is 9.59 Å². The maximum atomic E-state index is 12.4. The van der Waals surface area contributed by atoms with Gasteiger partial charge in [-0.25, -0.2) is 4.79 Å². The molecule has 0 aromatic carbocycles. The Balaban J connectivity index is 1.66. The summed E-state index contributed by atoms with van der Waals surface area (Å²) in [7, 11) is 0. The molecule has 114 valence electrons. The molecule has 0 N–H and O–H groups in total.